The Balaban J connectivity index is 1.83. The SMILES string of the molecule is COC(=O)C1=C(N)Oc2cc(C)n(CCc3ccc(OC)c(OC)c3)c(=O)c2C1c1ccc(Cl)cc1Cl. The lowest BCUT2D eigenvalue weighted by Crippen LogP contribution is -2.35. The fourth-order valence-corrected chi connectivity index (χ4v) is 5.01. The van der Waals surface area contributed by atoms with Crippen LogP contribution in [-0.2, 0) is 22.5 Å². The number of ether oxygens (including phenoxy) is 4. The Labute approximate surface area is 224 Å². The normalized spacial score (nSPS) is 14.6. The van der Waals surface area contributed by atoms with E-state index in [9.17, 15) is 9.59 Å². The number of hydrogen-bond acceptors (Lipinski definition) is 7. The summed E-state index contributed by atoms with van der Waals surface area (Å²) < 4.78 is 23.1. The molecule has 0 radical (unpaired) electrons. The number of pyridine rings is 1. The summed E-state index contributed by atoms with van der Waals surface area (Å²) in [5.41, 5.74) is 8.15. The van der Waals surface area contributed by atoms with E-state index in [0.717, 1.165) is 5.56 Å². The first kappa shape index (κ1) is 26.4. The zero-order valence-electron chi connectivity index (χ0n) is 20.8. The van der Waals surface area contributed by atoms with Gasteiger partial charge in [-0.2, -0.15) is 0 Å². The van der Waals surface area contributed by atoms with Gasteiger partial charge in [0.1, 0.15) is 11.3 Å². The van der Waals surface area contributed by atoms with Crippen molar-refractivity contribution in [2.75, 3.05) is 21.3 Å². The van der Waals surface area contributed by atoms with Gasteiger partial charge in [-0.3, -0.25) is 4.79 Å². The maximum Gasteiger partial charge on any atom is 0.340 e. The zero-order valence-corrected chi connectivity index (χ0v) is 22.3. The smallest absolute Gasteiger partial charge is 0.340 e. The molecule has 8 nitrogen and oxygen atoms in total. The number of halogens is 2. The second-order valence-corrected chi connectivity index (χ2v) is 9.27. The molecule has 1 unspecified atom stereocenters. The Kier molecular flexibility index (Phi) is 7.71. The summed E-state index contributed by atoms with van der Waals surface area (Å²) in [6.45, 7) is 2.17. The number of fused-ring (bicyclic) bond motifs is 1. The van der Waals surface area contributed by atoms with Gasteiger partial charge in [-0.05, 0) is 48.7 Å². The van der Waals surface area contributed by atoms with Crippen LogP contribution in [0.5, 0.6) is 17.2 Å². The van der Waals surface area contributed by atoms with Crippen LogP contribution in [0.4, 0.5) is 0 Å². The van der Waals surface area contributed by atoms with Crippen molar-refractivity contribution in [3.63, 3.8) is 0 Å². The van der Waals surface area contributed by atoms with Crippen molar-refractivity contribution in [2.24, 2.45) is 5.73 Å². The molecule has 2 heterocycles. The number of methoxy groups -OCH3 is 3. The molecule has 0 fully saturated rings. The van der Waals surface area contributed by atoms with Crippen molar-refractivity contribution in [3.05, 3.63) is 96.7 Å². The minimum atomic E-state index is -0.915. The minimum Gasteiger partial charge on any atom is -0.493 e. The van der Waals surface area contributed by atoms with Crippen LogP contribution in [0.15, 0.2) is 58.7 Å². The first-order chi connectivity index (χ1) is 17.7. The summed E-state index contributed by atoms with van der Waals surface area (Å²) in [6, 6.07) is 12.2. The maximum atomic E-state index is 14.0. The molecule has 194 valence electrons. The number of rotatable bonds is 7. The third-order valence-corrected chi connectivity index (χ3v) is 6.88. The van der Waals surface area contributed by atoms with Gasteiger partial charge in [0, 0.05) is 28.4 Å². The van der Waals surface area contributed by atoms with E-state index in [1.807, 2.05) is 18.2 Å². The Bertz CT molecular complexity index is 1460. The molecule has 10 heteroatoms. The highest BCUT2D eigenvalue weighted by molar-refractivity contribution is 6.35. The number of nitrogens with zero attached hydrogens (tertiary/aromatic N) is 1. The summed E-state index contributed by atoms with van der Waals surface area (Å²) in [6.07, 6.45) is 0.537. The molecule has 0 bridgehead atoms. The van der Waals surface area contributed by atoms with Crippen LogP contribution in [0, 0.1) is 6.92 Å². The van der Waals surface area contributed by atoms with Crippen molar-refractivity contribution < 1.29 is 23.7 Å². The van der Waals surface area contributed by atoms with E-state index in [-0.39, 0.29) is 33.4 Å². The average molecular weight is 545 g/mol. The Morgan fingerprint density at radius 2 is 1.78 bits per heavy atom. The van der Waals surface area contributed by atoms with Crippen LogP contribution in [0.1, 0.15) is 28.3 Å². The molecule has 2 N–H and O–H groups in total. The van der Waals surface area contributed by atoms with Gasteiger partial charge in [0.2, 0.25) is 5.88 Å². The molecule has 37 heavy (non-hydrogen) atoms. The standard InChI is InChI=1S/C27H26Cl2N2O6/c1-14-11-21-23(26(32)31(14)10-9-15-5-8-19(34-2)20(12-15)35-3)22(17-7-6-16(28)13-18(17)29)24(25(30)37-21)27(33)36-4/h5-8,11-13,22H,9-10,30H2,1-4H3. The average Bonchev–Trinajstić information content (AvgIpc) is 2.87. The highest BCUT2D eigenvalue weighted by Crippen LogP contribution is 2.44. The fourth-order valence-electron chi connectivity index (χ4n) is 4.50. The van der Waals surface area contributed by atoms with Crippen LogP contribution in [0.2, 0.25) is 10.0 Å². The van der Waals surface area contributed by atoms with Crippen LogP contribution in [-0.4, -0.2) is 31.9 Å². The monoisotopic (exact) mass is 544 g/mol. The van der Waals surface area contributed by atoms with Crippen molar-refractivity contribution in [2.45, 2.75) is 25.8 Å². The number of benzene rings is 2. The van der Waals surface area contributed by atoms with Crippen molar-refractivity contribution >= 4 is 29.2 Å². The maximum absolute atomic E-state index is 14.0. The Morgan fingerprint density at radius 3 is 2.43 bits per heavy atom. The molecule has 0 aliphatic carbocycles. The highest BCUT2D eigenvalue weighted by Gasteiger charge is 2.39. The molecule has 3 aromatic rings. The second kappa shape index (κ2) is 10.8. The highest BCUT2D eigenvalue weighted by atomic mass is 35.5. The van der Waals surface area contributed by atoms with E-state index in [0.29, 0.717) is 40.7 Å². The van der Waals surface area contributed by atoms with Gasteiger partial charge in [-0.1, -0.05) is 35.3 Å². The van der Waals surface area contributed by atoms with Crippen LogP contribution in [0.3, 0.4) is 0 Å². The predicted molar refractivity (Wildman–Crippen MR) is 141 cm³/mol. The van der Waals surface area contributed by atoms with Gasteiger partial charge in [0.15, 0.2) is 11.5 Å². The van der Waals surface area contributed by atoms with Gasteiger partial charge in [-0.25, -0.2) is 4.79 Å². The van der Waals surface area contributed by atoms with Gasteiger partial charge in [0.05, 0.1) is 32.8 Å². The van der Waals surface area contributed by atoms with E-state index in [4.69, 9.17) is 47.9 Å². The third-order valence-electron chi connectivity index (χ3n) is 6.32. The second-order valence-electron chi connectivity index (χ2n) is 8.43. The summed E-state index contributed by atoms with van der Waals surface area (Å²) >= 11 is 12.6. The van der Waals surface area contributed by atoms with Crippen molar-refractivity contribution in [3.8, 4) is 17.2 Å². The molecule has 1 aromatic heterocycles. The molecular formula is C27H26Cl2N2O6. The molecule has 1 atom stereocenters. The predicted octanol–water partition coefficient (Wildman–Crippen LogP) is 4.59. The van der Waals surface area contributed by atoms with E-state index in [1.165, 1.54) is 7.11 Å². The number of aryl methyl sites for hydroxylation is 2. The fraction of sp³-hybridized carbons (Fsp3) is 0.259. The van der Waals surface area contributed by atoms with Gasteiger partial charge in [-0.15, -0.1) is 0 Å². The van der Waals surface area contributed by atoms with Gasteiger partial charge >= 0.3 is 5.97 Å². The molecule has 2 aromatic carbocycles. The van der Waals surface area contributed by atoms with Crippen LogP contribution >= 0.6 is 23.2 Å². The number of carbonyl (C=O) groups excluding carboxylic acids is 1. The summed E-state index contributed by atoms with van der Waals surface area (Å²) in [7, 11) is 4.37. The number of esters is 1. The summed E-state index contributed by atoms with van der Waals surface area (Å²) in [5.74, 6) is -0.322. The van der Waals surface area contributed by atoms with Crippen molar-refractivity contribution in [1.29, 1.82) is 0 Å². The number of carbonyl (C=O) groups is 1. The minimum absolute atomic E-state index is 0.00776. The summed E-state index contributed by atoms with van der Waals surface area (Å²) in [5, 5.41) is 0.685. The molecule has 1 aliphatic heterocycles. The number of aromatic nitrogens is 1. The topological polar surface area (TPSA) is 102 Å². The lowest BCUT2D eigenvalue weighted by atomic mass is 9.83. The van der Waals surface area contributed by atoms with Crippen LogP contribution < -0.4 is 25.5 Å². The Morgan fingerprint density at radius 1 is 1.05 bits per heavy atom. The molecule has 0 spiro atoms. The van der Waals surface area contributed by atoms with Gasteiger partial charge in [0.25, 0.3) is 5.56 Å². The lowest BCUT2D eigenvalue weighted by molar-refractivity contribution is -0.136. The van der Waals surface area contributed by atoms with E-state index >= 15 is 0 Å². The first-order valence-electron chi connectivity index (χ1n) is 11.4. The van der Waals surface area contributed by atoms with Crippen molar-refractivity contribution in [1.82, 2.24) is 4.57 Å². The molecule has 0 amide bonds. The van der Waals surface area contributed by atoms with E-state index < -0.39 is 11.9 Å². The van der Waals surface area contributed by atoms with E-state index in [1.54, 1.807) is 50.0 Å². The van der Waals surface area contributed by atoms with Crippen LogP contribution in [0.25, 0.3) is 0 Å². The summed E-state index contributed by atoms with van der Waals surface area (Å²) in [4.78, 5) is 26.8. The first-order valence-corrected chi connectivity index (χ1v) is 12.1. The number of nitrogens with two attached hydrogens (primary N) is 1. The zero-order chi connectivity index (χ0) is 26.9. The Hall–Kier alpha value is -3.62. The molecule has 0 saturated heterocycles. The molecule has 1 aliphatic rings. The largest absolute Gasteiger partial charge is 0.493 e. The quantitative estimate of drug-likeness (QED) is 0.434. The van der Waals surface area contributed by atoms with Gasteiger partial charge < -0.3 is 29.2 Å². The molecular weight excluding hydrogens is 519 g/mol. The number of hydrogen-bond donors (Lipinski definition) is 1. The molecule has 0 saturated carbocycles. The van der Waals surface area contributed by atoms with E-state index in [2.05, 4.69) is 0 Å². The lowest BCUT2D eigenvalue weighted by Gasteiger charge is -2.29. The molecule has 4 rings (SSSR count). The third kappa shape index (κ3) is 4.99.